The van der Waals surface area contributed by atoms with Crippen molar-refractivity contribution in [2.24, 2.45) is 40.1 Å². The van der Waals surface area contributed by atoms with Gasteiger partial charge >= 0.3 is 5.97 Å². The number of carboxylic acid groups (broad SMARTS) is 1. The third-order valence-corrected chi connectivity index (χ3v) is 6.26. The average molecular weight is 535 g/mol. The van der Waals surface area contributed by atoms with Crippen molar-refractivity contribution in [3.63, 3.8) is 0 Å². The second-order valence-electron chi connectivity index (χ2n) is 10.0. The Hall–Kier alpha value is -2.91. The molecule has 38 heavy (non-hydrogen) atoms. The highest BCUT2D eigenvalue weighted by atomic mass is 16.4. The third-order valence-electron chi connectivity index (χ3n) is 6.26. The summed E-state index contributed by atoms with van der Waals surface area (Å²) in [5, 5.41) is 31.8. The second kappa shape index (κ2) is 21.1. The summed E-state index contributed by atoms with van der Waals surface area (Å²) in [5.41, 5.74) is 10.5. The number of amides is 1. The molecule has 9 nitrogen and oxygen atoms in total. The van der Waals surface area contributed by atoms with Gasteiger partial charge in [0.1, 0.15) is 6.04 Å². The Kier molecular flexibility index (Phi) is 19.5. The van der Waals surface area contributed by atoms with Crippen LogP contribution in [0.15, 0.2) is 53.6 Å². The van der Waals surface area contributed by atoms with Gasteiger partial charge in [0.05, 0.1) is 18.6 Å². The lowest BCUT2D eigenvalue weighted by atomic mass is 9.94. The Labute approximate surface area is 228 Å². The predicted octanol–water partition coefficient (Wildman–Crippen LogP) is 3.29. The molecule has 6 unspecified atom stereocenters. The van der Waals surface area contributed by atoms with Crippen LogP contribution in [0.1, 0.15) is 66.2 Å². The molecule has 0 spiro atoms. The molecule has 0 aliphatic rings. The Morgan fingerprint density at radius 1 is 0.974 bits per heavy atom. The fourth-order valence-corrected chi connectivity index (χ4v) is 3.71. The molecule has 9 heteroatoms. The van der Waals surface area contributed by atoms with Gasteiger partial charge in [-0.1, -0.05) is 82.7 Å². The number of guanidine groups is 1. The molecule has 0 aromatic rings. The van der Waals surface area contributed by atoms with E-state index in [9.17, 15) is 24.9 Å². The number of allylic oxidation sites excluding steroid dienone is 7. The lowest BCUT2D eigenvalue weighted by molar-refractivity contribution is -0.143. The van der Waals surface area contributed by atoms with Crippen molar-refractivity contribution in [1.29, 1.82) is 0 Å². The van der Waals surface area contributed by atoms with Crippen molar-refractivity contribution in [3.8, 4) is 0 Å². The van der Waals surface area contributed by atoms with Gasteiger partial charge in [-0.2, -0.15) is 0 Å². The smallest absolute Gasteiger partial charge is 0.326 e. The number of hydrogen-bond donors (Lipinski definition) is 6. The molecule has 0 radical (unpaired) electrons. The number of aliphatic hydroxyl groups excluding tert-OH is 2. The van der Waals surface area contributed by atoms with E-state index in [0.717, 1.165) is 19.3 Å². The van der Waals surface area contributed by atoms with E-state index in [-0.39, 0.29) is 12.4 Å². The van der Waals surface area contributed by atoms with Gasteiger partial charge in [-0.3, -0.25) is 9.79 Å². The number of nitrogens with zero attached hydrogens (tertiary/aromatic N) is 1. The zero-order chi connectivity index (χ0) is 28.9. The maximum absolute atomic E-state index is 12.5. The van der Waals surface area contributed by atoms with Crippen LogP contribution in [0.25, 0.3) is 0 Å². The zero-order valence-corrected chi connectivity index (χ0v) is 23.5. The van der Waals surface area contributed by atoms with Crippen molar-refractivity contribution in [2.75, 3.05) is 13.2 Å². The Balaban J connectivity index is 4.67. The summed E-state index contributed by atoms with van der Waals surface area (Å²) in [4.78, 5) is 27.9. The van der Waals surface area contributed by atoms with Crippen LogP contribution in [0.5, 0.6) is 0 Å². The van der Waals surface area contributed by atoms with E-state index in [4.69, 9.17) is 11.5 Å². The molecule has 216 valence electrons. The van der Waals surface area contributed by atoms with E-state index in [1.807, 2.05) is 12.2 Å². The average Bonchev–Trinajstić information content (AvgIpc) is 2.85. The third kappa shape index (κ3) is 17.5. The fourth-order valence-electron chi connectivity index (χ4n) is 3.71. The number of carboxylic acids is 1. The van der Waals surface area contributed by atoms with E-state index in [2.05, 4.69) is 62.3 Å². The van der Waals surface area contributed by atoms with E-state index < -0.39 is 36.5 Å². The normalized spacial score (nSPS) is 17.0. The van der Waals surface area contributed by atoms with Crippen molar-refractivity contribution in [1.82, 2.24) is 5.32 Å². The first kappa shape index (κ1) is 35.1. The molecule has 0 aliphatic carbocycles. The quantitative estimate of drug-likeness (QED) is 0.0602. The van der Waals surface area contributed by atoms with E-state index >= 15 is 0 Å². The van der Waals surface area contributed by atoms with Crippen molar-refractivity contribution in [2.45, 2.75) is 78.4 Å². The summed E-state index contributed by atoms with van der Waals surface area (Å²) in [6.45, 7) is 8.45. The van der Waals surface area contributed by atoms with Gasteiger partial charge in [-0.05, 0) is 49.9 Å². The van der Waals surface area contributed by atoms with E-state index in [1.54, 1.807) is 6.08 Å². The highest BCUT2D eigenvalue weighted by Gasteiger charge is 2.28. The van der Waals surface area contributed by atoms with Crippen LogP contribution >= 0.6 is 0 Å². The number of rotatable bonds is 20. The van der Waals surface area contributed by atoms with Gasteiger partial charge < -0.3 is 32.1 Å². The number of aliphatic hydroxyl groups is 2. The molecule has 0 heterocycles. The molecule has 0 saturated heterocycles. The molecule has 0 bridgehead atoms. The number of unbranched alkanes of at least 4 members (excludes halogenated alkanes) is 1. The first-order chi connectivity index (χ1) is 18.0. The minimum absolute atomic E-state index is 0.0340. The molecule has 0 saturated carbocycles. The zero-order valence-electron chi connectivity index (χ0n) is 23.5. The van der Waals surface area contributed by atoms with Crippen LogP contribution in [0.3, 0.4) is 0 Å². The van der Waals surface area contributed by atoms with Gasteiger partial charge in [0.2, 0.25) is 5.91 Å². The number of carbonyl (C=O) groups is 2. The van der Waals surface area contributed by atoms with Crippen molar-refractivity contribution >= 4 is 17.8 Å². The Bertz CT molecular complexity index is 818. The monoisotopic (exact) mass is 534 g/mol. The predicted molar refractivity (Wildman–Crippen MR) is 154 cm³/mol. The SMILES string of the molecule is CCC(C)/C=C/C=C/CC(C)CC(C)/C=C/C=C/C(O)C(CO)C(=O)NC(CCCCN=C(N)N)C(=O)O. The molecule has 0 rings (SSSR count). The molecule has 6 atom stereocenters. The number of aliphatic imine (C=N–C) groups is 1. The standard InChI is InChI=1S/C29H50N4O5/c1-5-21(2)13-7-6-8-14-22(3)19-23(4)15-9-10-17-26(35)24(20-34)27(36)33-25(28(37)38)16-11-12-18-32-29(30)31/h6-10,13,15,17,21-26,34-35H,5,11-12,14,16,18-20H2,1-4H3,(H,33,36)(H,37,38)(H4,30,31,32)/b8-6+,13-7+,15-9+,17-10+. The number of hydrogen-bond acceptors (Lipinski definition) is 5. The van der Waals surface area contributed by atoms with Crippen molar-refractivity contribution < 1.29 is 24.9 Å². The summed E-state index contributed by atoms with van der Waals surface area (Å²) in [5.74, 6) is -1.68. The summed E-state index contributed by atoms with van der Waals surface area (Å²) >= 11 is 0. The van der Waals surface area contributed by atoms with Gasteiger partial charge in [0, 0.05) is 6.54 Å². The summed E-state index contributed by atoms with van der Waals surface area (Å²) in [6.07, 6.45) is 18.6. The lowest BCUT2D eigenvalue weighted by Crippen LogP contribution is -2.47. The van der Waals surface area contributed by atoms with Gasteiger partial charge in [-0.25, -0.2) is 4.79 Å². The minimum atomic E-state index is -1.26. The Morgan fingerprint density at radius 3 is 2.21 bits per heavy atom. The number of aliphatic carboxylic acids is 1. The highest BCUT2D eigenvalue weighted by Crippen LogP contribution is 2.17. The van der Waals surface area contributed by atoms with Crippen molar-refractivity contribution in [3.05, 3.63) is 48.6 Å². The lowest BCUT2D eigenvalue weighted by Gasteiger charge is -2.21. The second-order valence-corrected chi connectivity index (χ2v) is 10.0. The summed E-state index contributed by atoms with van der Waals surface area (Å²) in [7, 11) is 0. The number of carbonyl (C=O) groups excluding carboxylic acids is 1. The minimum Gasteiger partial charge on any atom is -0.480 e. The van der Waals surface area contributed by atoms with Crippen LogP contribution in [-0.2, 0) is 9.59 Å². The van der Waals surface area contributed by atoms with Gasteiger partial charge in [0.25, 0.3) is 0 Å². The molecule has 0 aromatic carbocycles. The Morgan fingerprint density at radius 2 is 1.61 bits per heavy atom. The van der Waals surface area contributed by atoms with Crippen LogP contribution in [0.4, 0.5) is 0 Å². The van der Waals surface area contributed by atoms with Gasteiger partial charge in [0.15, 0.2) is 5.96 Å². The van der Waals surface area contributed by atoms with Crippen LogP contribution < -0.4 is 16.8 Å². The maximum Gasteiger partial charge on any atom is 0.326 e. The molecule has 8 N–H and O–H groups in total. The molecule has 0 fully saturated rings. The highest BCUT2D eigenvalue weighted by molar-refractivity contribution is 5.85. The molecule has 1 amide bonds. The fraction of sp³-hybridized carbons (Fsp3) is 0.621. The number of nitrogens with one attached hydrogen (secondary N) is 1. The summed E-state index contributed by atoms with van der Waals surface area (Å²) < 4.78 is 0. The van der Waals surface area contributed by atoms with E-state index in [1.165, 1.54) is 6.08 Å². The number of nitrogens with two attached hydrogens (primary N) is 2. The first-order valence-corrected chi connectivity index (χ1v) is 13.6. The van der Waals surface area contributed by atoms with E-state index in [0.29, 0.717) is 37.1 Å². The topological polar surface area (TPSA) is 171 Å². The van der Waals surface area contributed by atoms with Gasteiger partial charge in [-0.15, -0.1) is 0 Å². The van der Waals surface area contributed by atoms with Crippen LogP contribution in [0, 0.1) is 23.7 Å². The first-order valence-electron chi connectivity index (χ1n) is 13.6. The molecular formula is C29H50N4O5. The van der Waals surface area contributed by atoms with Crippen LogP contribution in [-0.4, -0.2) is 58.5 Å². The summed E-state index contributed by atoms with van der Waals surface area (Å²) in [6, 6.07) is -1.14. The maximum atomic E-state index is 12.5. The molecule has 0 aromatic heterocycles. The molecular weight excluding hydrogens is 484 g/mol. The largest absolute Gasteiger partial charge is 0.480 e. The van der Waals surface area contributed by atoms with Crippen LogP contribution in [0.2, 0.25) is 0 Å². The molecule has 0 aliphatic heterocycles.